The Morgan fingerprint density at radius 1 is 1.26 bits per heavy atom. The molecule has 6 nitrogen and oxygen atoms in total. The summed E-state index contributed by atoms with van der Waals surface area (Å²) in [6.07, 6.45) is -4.00. The van der Waals surface area contributed by atoms with Crippen LogP contribution in [0.3, 0.4) is 0 Å². The molecule has 1 saturated heterocycles. The van der Waals surface area contributed by atoms with E-state index in [1.165, 1.54) is 30.1 Å². The van der Waals surface area contributed by atoms with Gasteiger partial charge in [0, 0.05) is 20.1 Å². The van der Waals surface area contributed by atoms with Gasteiger partial charge in [0.15, 0.2) is 0 Å². The summed E-state index contributed by atoms with van der Waals surface area (Å²) in [5, 5.41) is 9.07. The van der Waals surface area contributed by atoms with Gasteiger partial charge in [-0.2, -0.15) is 13.2 Å². The van der Waals surface area contributed by atoms with Crippen molar-refractivity contribution in [1.82, 2.24) is 9.80 Å². The van der Waals surface area contributed by atoms with E-state index in [1.54, 1.807) is 0 Å². The smallest absolute Gasteiger partial charge is 0.416 e. The third kappa shape index (κ3) is 5.45. The highest BCUT2D eigenvalue weighted by atomic mass is 19.4. The molecule has 1 atom stereocenters. The maximum atomic E-state index is 13.0. The molecule has 0 saturated carbocycles. The summed E-state index contributed by atoms with van der Waals surface area (Å²) >= 11 is 0. The first-order valence-corrected chi connectivity index (χ1v) is 8.49. The van der Waals surface area contributed by atoms with Crippen LogP contribution in [0.15, 0.2) is 24.3 Å². The van der Waals surface area contributed by atoms with Crippen molar-refractivity contribution in [2.24, 2.45) is 5.92 Å². The predicted molar refractivity (Wildman–Crippen MR) is 89.7 cm³/mol. The molecule has 1 aliphatic rings. The van der Waals surface area contributed by atoms with E-state index in [2.05, 4.69) is 0 Å². The molecule has 27 heavy (non-hydrogen) atoms. The monoisotopic (exact) mass is 386 g/mol. The number of aliphatic carboxylic acids is 1. The first-order valence-electron chi connectivity index (χ1n) is 8.49. The molecule has 2 amide bonds. The minimum Gasteiger partial charge on any atom is -0.481 e. The molecule has 1 aliphatic heterocycles. The van der Waals surface area contributed by atoms with Gasteiger partial charge in [-0.05, 0) is 24.5 Å². The van der Waals surface area contributed by atoms with Crippen molar-refractivity contribution in [2.45, 2.75) is 25.4 Å². The largest absolute Gasteiger partial charge is 0.481 e. The molecule has 1 unspecified atom stereocenters. The Kier molecular flexibility index (Phi) is 6.45. The molecule has 1 fully saturated rings. The molecule has 1 aromatic carbocycles. The van der Waals surface area contributed by atoms with Gasteiger partial charge in [-0.25, -0.2) is 0 Å². The summed E-state index contributed by atoms with van der Waals surface area (Å²) in [6, 6.07) is 4.81. The Morgan fingerprint density at radius 3 is 2.56 bits per heavy atom. The van der Waals surface area contributed by atoms with Crippen LogP contribution in [-0.2, 0) is 27.0 Å². The molecule has 0 aromatic heterocycles. The van der Waals surface area contributed by atoms with Crippen LogP contribution < -0.4 is 0 Å². The highest BCUT2D eigenvalue weighted by Crippen LogP contribution is 2.32. The lowest BCUT2D eigenvalue weighted by atomic mass is 9.98. The van der Waals surface area contributed by atoms with Crippen molar-refractivity contribution < 1.29 is 32.7 Å². The summed E-state index contributed by atoms with van der Waals surface area (Å²) in [6.45, 7) is 0.175. The number of likely N-dealkylation sites (N-methyl/N-ethyl adjacent to an activating group) is 1. The Hall–Kier alpha value is -2.58. The Bertz CT molecular complexity index is 721. The van der Waals surface area contributed by atoms with Crippen LogP contribution in [0.1, 0.15) is 24.0 Å². The number of hydrogen-bond donors (Lipinski definition) is 1. The molecule has 0 aliphatic carbocycles. The van der Waals surface area contributed by atoms with Crippen molar-refractivity contribution >= 4 is 17.8 Å². The highest BCUT2D eigenvalue weighted by Gasteiger charge is 2.34. The number of hydrogen-bond acceptors (Lipinski definition) is 3. The van der Waals surface area contributed by atoms with Crippen LogP contribution in [0.5, 0.6) is 0 Å². The molecule has 1 aromatic rings. The fourth-order valence-corrected chi connectivity index (χ4v) is 3.05. The molecular formula is C18H21F3N2O4. The average molecular weight is 386 g/mol. The Labute approximate surface area is 154 Å². The minimum absolute atomic E-state index is 0.0765. The van der Waals surface area contributed by atoms with Crippen molar-refractivity contribution in [3.8, 4) is 0 Å². The predicted octanol–water partition coefficient (Wildman–Crippen LogP) is 2.03. The summed E-state index contributed by atoms with van der Waals surface area (Å²) in [5.74, 6) is -2.64. The summed E-state index contributed by atoms with van der Waals surface area (Å²) in [7, 11) is 1.34. The van der Waals surface area contributed by atoms with Crippen LogP contribution >= 0.6 is 0 Å². The van der Waals surface area contributed by atoms with Crippen LogP contribution in [0.25, 0.3) is 0 Å². The lowest BCUT2D eigenvalue weighted by Gasteiger charge is -2.32. The number of likely N-dealkylation sites (tertiary alicyclic amines) is 1. The molecule has 0 spiro atoms. The van der Waals surface area contributed by atoms with Crippen molar-refractivity contribution in [2.75, 3.05) is 26.7 Å². The summed E-state index contributed by atoms with van der Waals surface area (Å²) in [5.41, 5.74) is -1.03. The third-order valence-corrected chi connectivity index (χ3v) is 4.59. The second-order valence-corrected chi connectivity index (χ2v) is 6.60. The fraction of sp³-hybridized carbons (Fsp3) is 0.500. The quantitative estimate of drug-likeness (QED) is 0.840. The number of carbonyl (C=O) groups is 3. The van der Waals surface area contributed by atoms with Crippen LogP contribution in [0, 0.1) is 5.92 Å². The maximum absolute atomic E-state index is 13.0. The number of carboxylic acids is 1. The lowest BCUT2D eigenvalue weighted by molar-refractivity contribution is -0.147. The van der Waals surface area contributed by atoms with Gasteiger partial charge in [0.1, 0.15) is 0 Å². The number of benzene rings is 1. The molecular weight excluding hydrogens is 365 g/mol. The molecule has 1 N–H and O–H groups in total. The second kappa shape index (κ2) is 8.41. The van der Waals surface area contributed by atoms with Gasteiger partial charge in [0.2, 0.25) is 11.8 Å². The van der Waals surface area contributed by atoms with Crippen molar-refractivity contribution in [1.29, 1.82) is 0 Å². The van der Waals surface area contributed by atoms with Gasteiger partial charge in [-0.1, -0.05) is 18.2 Å². The number of carboxylic acid groups (broad SMARTS) is 1. The van der Waals surface area contributed by atoms with Gasteiger partial charge in [0.25, 0.3) is 0 Å². The number of carbonyl (C=O) groups excluding carboxylic acids is 2. The highest BCUT2D eigenvalue weighted by molar-refractivity contribution is 5.86. The number of halogens is 3. The number of amides is 2. The second-order valence-electron chi connectivity index (χ2n) is 6.60. The van der Waals surface area contributed by atoms with Gasteiger partial charge >= 0.3 is 12.1 Å². The summed E-state index contributed by atoms with van der Waals surface area (Å²) in [4.78, 5) is 38.1. The van der Waals surface area contributed by atoms with Crippen LogP contribution in [-0.4, -0.2) is 59.4 Å². The zero-order valence-electron chi connectivity index (χ0n) is 14.8. The number of rotatable bonds is 5. The van der Waals surface area contributed by atoms with E-state index >= 15 is 0 Å². The van der Waals surface area contributed by atoms with Gasteiger partial charge in [-0.15, -0.1) is 0 Å². The summed E-state index contributed by atoms with van der Waals surface area (Å²) < 4.78 is 39.1. The standard InChI is InChI=1S/C18H21F3N2O4/c1-22(11-16(25)23-8-4-6-13(10-23)17(26)27)15(24)9-12-5-2-3-7-14(12)18(19,20)21/h2-3,5,7,13H,4,6,8-11H2,1H3,(H,26,27). The van der Waals surface area contributed by atoms with E-state index in [9.17, 15) is 27.6 Å². The van der Waals surface area contributed by atoms with E-state index in [1.807, 2.05) is 0 Å². The third-order valence-electron chi connectivity index (χ3n) is 4.59. The number of alkyl halides is 3. The normalized spacial score (nSPS) is 17.5. The van der Waals surface area contributed by atoms with Crippen LogP contribution in [0.2, 0.25) is 0 Å². The lowest BCUT2D eigenvalue weighted by Crippen LogP contribution is -2.47. The fourth-order valence-electron chi connectivity index (χ4n) is 3.05. The number of piperidine rings is 1. The van der Waals surface area contributed by atoms with Crippen molar-refractivity contribution in [3.05, 3.63) is 35.4 Å². The SMILES string of the molecule is CN(CC(=O)N1CCCC(C(=O)O)C1)C(=O)Cc1ccccc1C(F)(F)F. The van der Waals surface area contributed by atoms with E-state index in [0.717, 1.165) is 11.0 Å². The Morgan fingerprint density at radius 2 is 1.93 bits per heavy atom. The molecule has 0 radical (unpaired) electrons. The van der Waals surface area contributed by atoms with E-state index < -0.39 is 41.9 Å². The van der Waals surface area contributed by atoms with Gasteiger partial charge in [0.05, 0.1) is 24.4 Å². The molecule has 9 heteroatoms. The van der Waals surface area contributed by atoms with Crippen LogP contribution in [0.4, 0.5) is 13.2 Å². The first-order chi connectivity index (χ1) is 12.6. The first kappa shape index (κ1) is 20.7. The molecule has 0 bridgehead atoms. The number of nitrogens with zero attached hydrogens (tertiary/aromatic N) is 2. The topological polar surface area (TPSA) is 77.9 Å². The zero-order valence-corrected chi connectivity index (χ0v) is 14.8. The molecule has 148 valence electrons. The average Bonchev–Trinajstić information content (AvgIpc) is 2.61. The van der Waals surface area contributed by atoms with Crippen molar-refractivity contribution in [3.63, 3.8) is 0 Å². The molecule has 2 rings (SSSR count). The van der Waals surface area contributed by atoms with E-state index in [-0.39, 0.29) is 18.7 Å². The van der Waals surface area contributed by atoms with Gasteiger partial charge in [-0.3, -0.25) is 14.4 Å². The van der Waals surface area contributed by atoms with Gasteiger partial charge < -0.3 is 14.9 Å². The maximum Gasteiger partial charge on any atom is 0.416 e. The Balaban J connectivity index is 1.98. The minimum atomic E-state index is -4.56. The van der Waals surface area contributed by atoms with E-state index in [0.29, 0.717) is 19.4 Å². The van der Waals surface area contributed by atoms with E-state index in [4.69, 9.17) is 5.11 Å². The zero-order chi connectivity index (χ0) is 20.2. The molecule has 1 heterocycles.